The van der Waals surface area contributed by atoms with E-state index < -0.39 is 18.4 Å². The van der Waals surface area contributed by atoms with Gasteiger partial charge in [-0.1, -0.05) is 76.2 Å². The molecule has 0 aliphatic carbocycles. The van der Waals surface area contributed by atoms with Gasteiger partial charge in [-0.05, 0) is 23.0 Å². The Hall–Kier alpha value is -1.43. The summed E-state index contributed by atoms with van der Waals surface area (Å²) in [5, 5.41) is 0. The van der Waals surface area contributed by atoms with Gasteiger partial charge in [0.1, 0.15) is 0 Å². The topological polar surface area (TPSA) is 71.4 Å². The van der Waals surface area contributed by atoms with Gasteiger partial charge in [-0.15, -0.1) is 0 Å². The van der Waals surface area contributed by atoms with Gasteiger partial charge in [-0.2, -0.15) is 0 Å². The van der Waals surface area contributed by atoms with E-state index in [0.717, 1.165) is 11.1 Å². The molecule has 0 aromatic heterocycles. The Morgan fingerprint density at radius 3 is 1.23 bits per heavy atom. The fraction of sp³-hybridized carbons (Fsp3) is 0.300. The van der Waals surface area contributed by atoms with Crippen molar-refractivity contribution >= 4 is 37.3 Å². The first kappa shape index (κ1) is 22.6. The third-order valence-corrected chi connectivity index (χ3v) is 5.82. The molecule has 26 heavy (non-hydrogen) atoms. The van der Waals surface area contributed by atoms with E-state index in [-0.39, 0.29) is 41.8 Å². The molecule has 2 rings (SSSR count). The molecular formula is C20H24LiO4P. The molecule has 0 unspecified atom stereocenters. The van der Waals surface area contributed by atoms with Gasteiger partial charge in [0.15, 0.2) is 0 Å². The molecule has 0 saturated heterocycles. The molecule has 0 spiro atoms. The van der Waals surface area contributed by atoms with Crippen LogP contribution in [0, 0.1) is 0 Å². The molecule has 0 fully saturated rings. The van der Waals surface area contributed by atoms with Crippen molar-refractivity contribution < 1.29 is 19.0 Å². The van der Waals surface area contributed by atoms with Crippen LogP contribution in [0.15, 0.2) is 48.5 Å². The quantitative estimate of drug-likeness (QED) is 0.602. The molecule has 0 aliphatic heterocycles. The third-order valence-electron chi connectivity index (χ3n) is 4.20. The minimum absolute atomic E-state index is 0. The van der Waals surface area contributed by atoms with Crippen LogP contribution in [0.3, 0.4) is 0 Å². The van der Waals surface area contributed by atoms with Gasteiger partial charge < -0.3 is 4.89 Å². The molecule has 0 bridgehead atoms. The Morgan fingerprint density at radius 1 is 0.731 bits per heavy atom. The zero-order valence-electron chi connectivity index (χ0n) is 14.9. The van der Waals surface area contributed by atoms with Crippen molar-refractivity contribution in [1.82, 2.24) is 0 Å². The molecule has 2 aromatic rings. The van der Waals surface area contributed by atoms with E-state index in [1.165, 1.54) is 24.3 Å². The Balaban J connectivity index is 0.00000338. The summed E-state index contributed by atoms with van der Waals surface area (Å²) < 4.78 is 12.5. The number of carbonyl (C=O) groups is 2. The summed E-state index contributed by atoms with van der Waals surface area (Å²) in [6.45, 7) is 8.05. The summed E-state index contributed by atoms with van der Waals surface area (Å²) in [5.41, 5.74) is 0.117. The maximum atomic E-state index is 12.5. The van der Waals surface area contributed by atoms with Crippen LogP contribution in [-0.2, 0) is 4.57 Å². The monoisotopic (exact) mass is 366 g/mol. The first-order chi connectivity index (χ1) is 11.6. The van der Waals surface area contributed by atoms with Gasteiger partial charge in [-0.3, -0.25) is 14.2 Å². The number of carbonyl (C=O) groups excluding carboxylic acids is 2. The summed E-state index contributed by atoms with van der Waals surface area (Å²) in [7, 11) is -4.67. The number of hydrogen-bond acceptors (Lipinski definition) is 3. The van der Waals surface area contributed by atoms with Crippen LogP contribution in [0.5, 0.6) is 0 Å². The van der Waals surface area contributed by atoms with Crippen LogP contribution < -0.4 is 0 Å². The second-order valence-electron chi connectivity index (χ2n) is 6.74. The molecule has 6 heteroatoms. The van der Waals surface area contributed by atoms with Crippen molar-refractivity contribution in [1.29, 1.82) is 0 Å². The average molecular weight is 366 g/mol. The first-order valence-corrected chi connectivity index (χ1v) is 9.93. The van der Waals surface area contributed by atoms with Gasteiger partial charge in [0.2, 0.25) is 0 Å². The van der Waals surface area contributed by atoms with Crippen molar-refractivity contribution in [2.45, 2.75) is 39.5 Å². The summed E-state index contributed by atoms with van der Waals surface area (Å²) in [5.74, 6) is 0.567. The van der Waals surface area contributed by atoms with E-state index in [1.807, 2.05) is 27.7 Å². The predicted molar refractivity (Wildman–Crippen MR) is 107 cm³/mol. The third kappa shape index (κ3) is 4.84. The predicted octanol–water partition coefficient (Wildman–Crippen LogP) is 4.54. The van der Waals surface area contributed by atoms with Gasteiger partial charge in [0, 0.05) is 11.1 Å². The molecule has 134 valence electrons. The van der Waals surface area contributed by atoms with Crippen molar-refractivity contribution in [2.24, 2.45) is 0 Å². The van der Waals surface area contributed by atoms with Crippen LogP contribution in [-0.4, -0.2) is 34.8 Å². The van der Waals surface area contributed by atoms with Gasteiger partial charge in [-0.25, -0.2) is 0 Å². The SMILES string of the molecule is CC(C)c1ccc(C(=O)P(=O)(O)C(=O)c2ccc(C(C)C)cc2)cc1.[LiH]. The normalized spacial score (nSPS) is 11.3. The second kappa shape index (κ2) is 8.98. The van der Waals surface area contributed by atoms with E-state index in [0.29, 0.717) is 0 Å². The minimum atomic E-state index is -4.67. The zero-order chi connectivity index (χ0) is 18.8. The molecule has 0 atom stereocenters. The van der Waals surface area contributed by atoms with E-state index >= 15 is 0 Å². The van der Waals surface area contributed by atoms with E-state index in [4.69, 9.17) is 0 Å². The fourth-order valence-corrected chi connectivity index (χ4v) is 3.65. The van der Waals surface area contributed by atoms with Crippen LogP contribution in [0.1, 0.15) is 71.4 Å². The standard InChI is InChI=1S/C20H23O4P.Li.H/c1-13(2)15-5-9-17(10-6-15)19(21)25(23,24)20(22)18-11-7-16(8-12-18)14(3)4;;/h5-14H,1-4H3,(H,23,24);;. The van der Waals surface area contributed by atoms with Crippen molar-refractivity contribution in [3.8, 4) is 0 Å². The van der Waals surface area contributed by atoms with Crippen LogP contribution >= 0.6 is 7.37 Å². The van der Waals surface area contributed by atoms with E-state index in [2.05, 4.69) is 0 Å². The molecule has 0 radical (unpaired) electrons. The first-order valence-electron chi connectivity index (χ1n) is 8.27. The van der Waals surface area contributed by atoms with Gasteiger partial charge in [0.05, 0.1) is 0 Å². The Bertz CT molecular complexity index is 756. The van der Waals surface area contributed by atoms with Crippen molar-refractivity contribution in [2.75, 3.05) is 0 Å². The molecule has 1 N–H and O–H groups in total. The Morgan fingerprint density at radius 2 is 1.00 bits per heavy atom. The summed E-state index contributed by atoms with van der Waals surface area (Å²) in [6.07, 6.45) is 0. The summed E-state index contributed by atoms with van der Waals surface area (Å²) in [6, 6.07) is 12.9. The molecular weight excluding hydrogens is 342 g/mol. The molecule has 0 amide bonds. The summed E-state index contributed by atoms with van der Waals surface area (Å²) >= 11 is 0. The van der Waals surface area contributed by atoms with Crippen LogP contribution in [0.4, 0.5) is 0 Å². The second-order valence-corrected chi connectivity index (χ2v) is 8.70. The zero-order valence-corrected chi connectivity index (χ0v) is 15.8. The average Bonchev–Trinajstić information content (AvgIpc) is 2.60. The number of hydrogen-bond donors (Lipinski definition) is 1. The van der Waals surface area contributed by atoms with Crippen LogP contribution in [0.2, 0.25) is 0 Å². The molecule has 2 aromatic carbocycles. The van der Waals surface area contributed by atoms with Crippen LogP contribution in [0.25, 0.3) is 0 Å². The number of benzene rings is 2. The molecule has 4 nitrogen and oxygen atoms in total. The molecule has 0 saturated carbocycles. The summed E-state index contributed by atoms with van der Waals surface area (Å²) in [4.78, 5) is 35.0. The number of rotatable bonds is 6. The molecule has 0 aliphatic rings. The Kier molecular flexibility index (Phi) is 7.81. The molecule has 0 heterocycles. The van der Waals surface area contributed by atoms with Crippen molar-refractivity contribution in [3.63, 3.8) is 0 Å². The Labute approximate surface area is 166 Å². The van der Waals surface area contributed by atoms with E-state index in [9.17, 15) is 19.0 Å². The maximum absolute atomic E-state index is 12.5. The van der Waals surface area contributed by atoms with Crippen molar-refractivity contribution in [3.05, 3.63) is 70.8 Å². The fourth-order valence-electron chi connectivity index (χ4n) is 2.46. The van der Waals surface area contributed by atoms with Gasteiger partial charge >= 0.3 is 26.2 Å². The van der Waals surface area contributed by atoms with Gasteiger partial charge in [0.25, 0.3) is 11.0 Å². The van der Waals surface area contributed by atoms with E-state index in [1.54, 1.807) is 24.3 Å².